The highest BCUT2D eigenvalue weighted by Crippen LogP contribution is 2.24. The van der Waals surface area contributed by atoms with Crippen molar-refractivity contribution in [1.82, 2.24) is 10.2 Å². The third kappa shape index (κ3) is 3.68. The summed E-state index contributed by atoms with van der Waals surface area (Å²) in [7, 11) is 1.72. The predicted molar refractivity (Wildman–Crippen MR) is 69.1 cm³/mol. The van der Waals surface area contributed by atoms with Gasteiger partial charge in [-0.2, -0.15) is 0 Å². The number of nitrogens with zero attached hydrogens (tertiary/aromatic N) is 1. The third-order valence-electron chi connectivity index (χ3n) is 4.20. The molecule has 0 saturated carbocycles. The van der Waals surface area contributed by atoms with Gasteiger partial charge in [-0.1, -0.05) is 13.8 Å². The van der Waals surface area contributed by atoms with Gasteiger partial charge < -0.3 is 15.3 Å². The molecule has 1 rings (SSSR count). The number of aliphatic carboxylic acids is 1. The molecule has 0 aromatic rings. The summed E-state index contributed by atoms with van der Waals surface area (Å²) < 4.78 is 0. The monoisotopic (exact) mass is 242 g/mol. The van der Waals surface area contributed by atoms with Gasteiger partial charge >= 0.3 is 5.97 Å². The first-order valence-corrected chi connectivity index (χ1v) is 6.53. The number of carboxylic acid groups (broad SMARTS) is 1. The fourth-order valence-electron chi connectivity index (χ4n) is 2.33. The largest absolute Gasteiger partial charge is 0.480 e. The van der Waals surface area contributed by atoms with Crippen LogP contribution in [0.2, 0.25) is 0 Å². The Balaban J connectivity index is 2.39. The fourth-order valence-corrected chi connectivity index (χ4v) is 2.33. The van der Waals surface area contributed by atoms with Crippen LogP contribution in [0.3, 0.4) is 0 Å². The van der Waals surface area contributed by atoms with E-state index in [9.17, 15) is 4.79 Å². The number of likely N-dealkylation sites (N-methyl/N-ethyl adjacent to an activating group) is 1. The van der Waals surface area contributed by atoms with Crippen molar-refractivity contribution in [3.63, 3.8) is 0 Å². The van der Waals surface area contributed by atoms with E-state index in [-0.39, 0.29) is 0 Å². The number of hydrogen-bond donors (Lipinski definition) is 2. The van der Waals surface area contributed by atoms with Crippen LogP contribution in [-0.4, -0.2) is 48.2 Å². The van der Waals surface area contributed by atoms with Crippen molar-refractivity contribution in [2.45, 2.75) is 39.2 Å². The Labute approximate surface area is 104 Å². The summed E-state index contributed by atoms with van der Waals surface area (Å²) in [6, 6.07) is 0. The van der Waals surface area contributed by atoms with Crippen molar-refractivity contribution in [2.75, 3.05) is 26.7 Å². The Morgan fingerprint density at radius 3 is 2.65 bits per heavy atom. The molecule has 0 amide bonds. The van der Waals surface area contributed by atoms with Gasteiger partial charge in [0.25, 0.3) is 0 Å². The van der Waals surface area contributed by atoms with Crippen molar-refractivity contribution in [3.05, 3.63) is 0 Å². The van der Waals surface area contributed by atoms with E-state index >= 15 is 0 Å². The molecule has 0 spiro atoms. The van der Waals surface area contributed by atoms with E-state index in [2.05, 4.69) is 24.1 Å². The minimum atomic E-state index is -0.796. The van der Waals surface area contributed by atoms with Crippen LogP contribution in [0.25, 0.3) is 0 Å². The zero-order valence-corrected chi connectivity index (χ0v) is 11.5. The van der Waals surface area contributed by atoms with Gasteiger partial charge in [0.15, 0.2) is 0 Å². The number of carbonyl (C=O) groups is 1. The summed E-state index contributed by atoms with van der Waals surface area (Å²) in [5.74, 6) is 0.746. The lowest BCUT2D eigenvalue weighted by Crippen LogP contribution is -2.49. The first-order chi connectivity index (χ1) is 7.89. The van der Waals surface area contributed by atoms with Crippen LogP contribution < -0.4 is 5.32 Å². The number of rotatable bonds is 6. The first kappa shape index (κ1) is 14.5. The molecule has 2 atom stereocenters. The SMILES string of the molecule is CNC(C)(CCN1CCC(C(C)C)C1)C(=O)O. The van der Waals surface area contributed by atoms with Gasteiger partial charge in [0.05, 0.1) is 0 Å². The van der Waals surface area contributed by atoms with Gasteiger partial charge in [0, 0.05) is 13.1 Å². The van der Waals surface area contributed by atoms with Gasteiger partial charge in [-0.3, -0.25) is 4.79 Å². The second-order valence-electron chi connectivity index (χ2n) is 5.73. The van der Waals surface area contributed by atoms with Crippen molar-refractivity contribution in [3.8, 4) is 0 Å². The summed E-state index contributed by atoms with van der Waals surface area (Å²) in [4.78, 5) is 13.5. The third-order valence-corrected chi connectivity index (χ3v) is 4.20. The van der Waals surface area contributed by atoms with Crippen molar-refractivity contribution in [1.29, 1.82) is 0 Å². The number of carboxylic acids is 1. The van der Waals surface area contributed by atoms with E-state index in [1.54, 1.807) is 14.0 Å². The lowest BCUT2D eigenvalue weighted by Gasteiger charge is -2.27. The van der Waals surface area contributed by atoms with Crippen molar-refractivity contribution < 1.29 is 9.90 Å². The molecule has 0 aromatic heterocycles. The highest BCUT2D eigenvalue weighted by molar-refractivity contribution is 5.78. The molecule has 0 aliphatic carbocycles. The Bertz CT molecular complexity index is 268. The van der Waals surface area contributed by atoms with E-state index in [1.165, 1.54) is 6.42 Å². The summed E-state index contributed by atoms with van der Waals surface area (Å²) in [6.07, 6.45) is 1.91. The molecule has 1 fully saturated rings. The molecular formula is C13H26N2O2. The summed E-state index contributed by atoms with van der Waals surface area (Å²) in [5.41, 5.74) is -0.796. The van der Waals surface area contributed by atoms with E-state index < -0.39 is 11.5 Å². The average molecular weight is 242 g/mol. The molecule has 2 unspecified atom stereocenters. The highest BCUT2D eigenvalue weighted by Gasteiger charge is 2.33. The molecule has 1 saturated heterocycles. The lowest BCUT2D eigenvalue weighted by molar-refractivity contribution is -0.144. The predicted octanol–water partition coefficient (Wildman–Crippen LogP) is 1.42. The Kier molecular flexibility index (Phi) is 4.95. The molecule has 1 aliphatic heterocycles. The van der Waals surface area contributed by atoms with Crippen LogP contribution in [0, 0.1) is 11.8 Å². The molecule has 1 aliphatic rings. The maximum Gasteiger partial charge on any atom is 0.323 e. The molecule has 1 heterocycles. The average Bonchev–Trinajstić information content (AvgIpc) is 2.74. The minimum absolute atomic E-state index is 0.656. The Hall–Kier alpha value is -0.610. The molecular weight excluding hydrogens is 216 g/mol. The van der Waals surface area contributed by atoms with Crippen LogP contribution in [-0.2, 0) is 4.79 Å². The van der Waals surface area contributed by atoms with Crippen LogP contribution in [0.15, 0.2) is 0 Å². The second kappa shape index (κ2) is 5.83. The first-order valence-electron chi connectivity index (χ1n) is 6.53. The van der Waals surface area contributed by atoms with Crippen molar-refractivity contribution >= 4 is 5.97 Å². The van der Waals surface area contributed by atoms with Crippen LogP contribution in [0.1, 0.15) is 33.6 Å². The van der Waals surface area contributed by atoms with E-state index in [0.29, 0.717) is 6.42 Å². The van der Waals surface area contributed by atoms with Gasteiger partial charge in [-0.05, 0) is 45.2 Å². The van der Waals surface area contributed by atoms with Gasteiger partial charge in [0.1, 0.15) is 5.54 Å². The molecule has 2 N–H and O–H groups in total. The number of hydrogen-bond acceptors (Lipinski definition) is 3. The van der Waals surface area contributed by atoms with Gasteiger partial charge in [0.2, 0.25) is 0 Å². The summed E-state index contributed by atoms with van der Waals surface area (Å²) in [5, 5.41) is 12.1. The van der Waals surface area contributed by atoms with Gasteiger partial charge in [-0.15, -0.1) is 0 Å². The normalized spacial score (nSPS) is 25.1. The fraction of sp³-hybridized carbons (Fsp3) is 0.923. The topological polar surface area (TPSA) is 52.6 Å². The molecule has 100 valence electrons. The second-order valence-corrected chi connectivity index (χ2v) is 5.73. The zero-order valence-electron chi connectivity index (χ0n) is 11.5. The molecule has 17 heavy (non-hydrogen) atoms. The number of nitrogens with one attached hydrogen (secondary N) is 1. The summed E-state index contributed by atoms with van der Waals surface area (Å²) >= 11 is 0. The minimum Gasteiger partial charge on any atom is -0.480 e. The maximum atomic E-state index is 11.1. The standard InChI is InChI=1S/C13H26N2O2/c1-10(2)11-5-7-15(9-11)8-6-13(3,14-4)12(16)17/h10-11,14H,5-9H2,1-4H3,(H,16,17). The van der Waals surface area contributed by atoms with Crippen LogP contribution in [0.4, 0.5) is 0 Å². The van der Waals surface area contributed by atoms with E-state index in [4.69, 9.17) is 5.11 Å². The van der Waals surface area contributed by atoms with Crippen LogP contribution in [0.5, 0.6) is 0 Å². The van der Waals surface area contributed by atoms with Crippen LogP contribution >= 0.6 is 0 Å². The maximum absolute atomic E-state index is 11.1. The molecule has 0 bridgehead atoms. The number of likely N-dealkylation sites (tertiary alicyclic amines) is 1. The summed E-state index contributed by atoms with van der Waals surface area (Å²) in [6.45, 7) is 9.39. The van der Waals surface area contributed by atoms with E-state index in [1.807, 2.05) is 0 Å². The highest BCUT2D eigenvalue weighted by atomic mass is 16.4. The molecule has 0 radical (unpaired) electrons. The molecule has 0 aromatic carbocycles. The zero-order chi connectivity index (χ0) is 13.1. The molecule has 4 heteroatoms. The Morgan fingerprint density at radius 1 is 1.59 bits per heavy atom. The van der Waals surface area contributed by atoms with E-state index in [0.717, 1.165) is 31.5 Å². The van der Waals surface area contributed by atoms with Gasteiger partial charge in [-0.25, -0.2) is 0 Å². The molecule has 4 nitrogen and oxygen atoms in total. The van der Waals surface area contributed by atoms with Crippen molar-refractivity contribution in [2.24, 2.45) is 11.8 Å². The lowest BCUT2D eigenvalue weighted by atomic mass is 9.95. The smallest absolute Gasteiger partial charge is 0.323 e. The Morgan fingerprint density at radius 2 is 2.24 bits per heavy atom. The quantitative estimate of drug-likeness (QED) is 0.739.